The van der Waals surface area contributed by atoms with Gasteiger partial charge in [0.25, 0.3) is 0 Å². The SMILES string of the molecule is CCCCCCCCCCC/C=C/CC/C=C/[C@@H](O)[C@H](CO[C@H]1O[C@@H](CO)[C@H](O)C(O)C1O)NC(=O)CCCCCCCCCCCCCCCCCCCCC. The van der Waals surface area contributed by atoms with Crippen LogP contribution < -0.4 is 5.32 Å². The van der Waals surface area contributed by atoms with Crippen LogP contribution in [0.25, 0.3) is 0 Å². The number of nitrogens with one attached hydrogen (secondary N) is 1. The van der Waals surface area contributed by atoms with Crippen LogP contribution in [0.15, 0.2) is 24.3 Å². The van der Waals surface area contributed by atoms with Gasteiger partial charge in [-0.2, -0.15) is 0 Å². The molecule has 0 spiro atoms. The van der Waals surface area contributed by atoms with Crippen LogP contribution >= 0.6 is 0 Å². The lowest BCUT2D eigenvalue weighted by Crippen LogP contribution is -2.60. The fourth-order valence-electron chi connectivity index (χ4n) is 7.64. The fourth-order valence-corrected chi connectivity index (χ4v) is 7.64. The molecule has 9 heteroatoms. The number of allylic oxidation sites excluding steroid dienone is 3. The Balaban J connectivity index is 2.33. The third kappa shape index (κ3) is 29.5. The largest absolute Gasteiger partial charge is 0.394 e. The highest BCUT2D eigenvalue weighted by atomic mass is 16.7. The molecule has 1 aliphatic rings. The molecule has 0 aromatic heterocycles. The van der Waals surface area contributed by atoms with Crippen LogP contribution in [0.3, 0.4) is 0 Å². The average Bonchev–Trinajstić information content (AvgIpc) is 3.21. The fraction of sp³-hybridized carbons (Fsp3) is 0.896. The van der Waals surface area contributed by atoms with Crippen LogP contribution in [-0.4, -0.2) is 87.5 Å². The minimum atomic E-state index is -1.57. The predicted molar refractivity (Wildman–Crippen MR) is 235 cm³/mol. The maximum Gasteiger partial charge on any atom is 0.220 e. The van der Waals surface area contributed by atoms with Crippen molar-refractivity contribution >= 4 is 5.91 Å². The summed E-state index contributed by atoms with van der Waals surface area (Å²) in [5, 5.41) is 54.2. The number of unbranched alkanes of at least 4 members (excludes halogenated alkanes) is 28. The maximum absolute atomic E-state index is 13.0. The lowest BCUT2D eigenvalue weighted by Gasteiger charge is -2.40. The van der Waals surface area contributed by atoms with Gasteiger partial charge in [-0.3, -0.25) is 4.79 Å². The second-order valence-electron chi connectivity index (χ2n) is 16.9. The van der Waals surface area contributed by atoms with Gasteiger partial charge in [-0.1, -0.05) is 205 Å². The van der Waals surface area contributed by atoms with Gasteiger partial charge < -0.3 is 40.3 Å². The smallest absolute Gasteiger partial charge is 0.220 e. The average molecular weight is 810 g/mol. The zero-order valence-corrected chi connectivity index (χ0v) is 36.9. The topological polar surface area (TPSA) is 149 Å². The molecule has 0 aromatic carbocycles. The van der Waals surface area contributed by atoms with E-state index in [1.807, 2.05) is 6.08 Å². The van der Waals surface area contributed by atoms with Crippen LogP contribution in [0.1, 0.15) is 219 Å². The van der Waals surface area contributed by atoms with E-state index in [9.17, 15) is 30.3 Å². The number of amides is 1. The summed E-state index contributed by atoms with van der Waals surface area (Å²) in [6.07, 6.45) is 39.4. The summed E-state index contributed by atoms with van der Waals surface area (Å²) in [5.74, 6) is -0.184. The van der Waals surface area contributed by atoms with E-state index in [4.69, 9.17) is 9.47 Å². The Morgan fingerprint density at radius 3 is 1.47 bits per heavy atom. The number of aliphatic hydroxyl groups is 5. The summed E-state index contributed by atoms with van der Waals surface area (Å²) in [6, 6.07) is -0.816. The molecule has 1 aliphatic heterocycles. The highest BCUT2D eigenvalue weighted by Crippen LogP contribution is 2.23. The number of ether oxygens (including phenoxy) is 2. The number of rotatable bonds is 40. The Hall–Kier alpha value is -1.33. The molecule has 7 atom stereocenters. The normalized spacial score (nSPS) is 21.1. The number of aliphatic hydroxyl groups excluding tert-OH is 5. The highest BCUT2D eigenvalue weighted by Gasteiger charge is 2.44. The molecule has 1 saturated heterocycles. The quantitative estimate of drug-likeness (QED) is 0.0265. The van der Waals surface area contributed by atoms with Gasteiger partial charge in [0.1, 0.15) is 24.4 Å². The van der Waals surface area contributed by atoms with Crippen LogP contribution in [0.4, 0.5) is 0 Å². The number of carbonyl (C=O) groups is 1. The van der Waals surface area contributed by atoms with E-state index < -0.39 is 49.5 Å². The van der Waals surface area contributed by atoms with Crippen LogP contribution in [0.2, 0.25) is 0 Å². The molecule has 1 heterocycles. The molecule has 0 aromatic rings. The van der Waals surface area contributed by atoms with Gasteiger partial charge in [0, 0.05) is 6.42 Å². The van der Waals surface area contributed by atoms with E-state index in [0.717, 1.165) is 38.5 Å². The zero-order valence-electron chi connectivity index (χ0n) is 36.9. The van der Waals surface area contributed by atoms with Crippen LogP contribution in [-0.2, 0) is 14.3 Å². The monoisotopic (exact) mass is 810 g/mol. The second-order valence-corrected chi connectivity index (χ2v) is 16.9. The van der Waals surface area contributed by atoms with Gasteiger partial charge in [-0.15, -0.1) is 0 Å². The molecule has 9 nitrogen and oxygen atoms in total. The van der Waals surface area contributed by atoms with E-state index in [0.29, 0.717) is 6.42 Å². The van der Waals surface area contributed by atoms with E-state index in [1.54, 1.807) is 6.08 Å². The number of carbonyl (C=O) groups excluding carboxylic acids is 1. The van der Waals surface area contributed by atoms with Gasteiger partial charge in [0.05, 0.1) is 25.4 Å². The number of hydrogen-bond donors (Lipinski definition) is 6. The Morgan fingerprint density at radius 2 is 1.00 bits per heavy atom. The number of hydrogen-bond acceptors (Lipinski definition) is 8. The lowest BCUT2D eigenvalue weighted by molar-refractivity contribution is -0.302. The van der Waals surface area contributed by atoms with Crippen molar-refractivity contribution in [3.8, 4) is 0 Å². The zero-order chi connectivity index (χ0) is 41.6. The van der Waals surface area contributed by atoms with Crippen molar-refractivity contribution in [1.82, 2.24) is 5.32 Å². The van der Waals surface area contributed by atoms with Crippen molar-refractivity contribution in [2.24, 2.45) is 0 Å². The van der Waals surface area contributed by atoms with Crippen LogP contribution in [0.5, 0.6) is 0 Å². The Kier molecular flexibility index (Phi) is 36.6. The third-order valence-electron chi connectivity index (χ3n) is 11.5. The Morgan fingerprint density at radius 1 is 0.579 bits per heavy atom. The summed E-state index contributed by atoms with van der Waals surface area (Å²) in [6.45, 7) is 3.77. The van der Waals surface area contributed by atoms with Gasteiger partial charge in [0.2, 0.25) is 5.91 Å². The molecule has 0 bridgehead atoms. The second kappa shape index (κ2) is 38.8. The summed E-state index contributed by atoms with van der Waals surface area (Å²) in [7, 11) is 0. The van der Waals surface area contributed by atoms with E-state index in [-0.39, 0.29) is 12.5 Å². The molecule has 0 saturated carbocycles. The van der Waals surface area contributed by atoms with Gasteiger partial charge >= 0.3 is 0 Å². The molecular weight excluding hydrogens is 719 g/mol. The highest BCUT2D eigenvalue weighted by molar-refractivity contribution is 5.76. The van der Waals surface area contributed by atoms with Crippen molar-refractivity contribution in [3.63, 3.8) is 0 Å². The molecular formula is C48H91NO8. The summed E-state index contributed by atoms with van der Waals surface area (Å²) < 4.78 is 11.2. The molecule has 0 radical (unpaired) electrons. The third-order valence-corrected chi connectivity index (χ3v) is 11.5. The first-order chi connectivity index (χ1) is 27.8. The lowest BCUT2D eigenvalue weighted by atomic mass is 9.99. The molecule has 1 amide bonds. The standard InChI is InChI=1S/C48H91NO8/c1-3-5-7-9-11-13-15-17-19-20-21-22-24-26-28-30-32-34-36-38-44(52)49-41(40-56-48-47(55)46(54)45(53)43(39-50)57-48)42(51)37-35-33-31-29-27-25-23-18-16-14-12-10-8-6-4-2/h27,29,35,37,41-43,45-48,50-51,53-55H,3-26,28,30-34,36,38-40H2,1-2H3,(H,49,52)/b29-27+,37-35+/t41-,42+,43-,45-,46?,47?,48-/m0/s1. The molecule has 57 heavy (non-hydrogen) atoms. The van der Waals surface area contributed by atoms with E-state index in [2.05, 4.69) is 31.3 Å². The molecule has 0 aliphatic carbocycles. The first kappa shape index (κ1) is 53.7. The summed E-state index contributed by atoms with van der Waals surface area (Å²) in [4.78, 5) is 13.0. The van der Waals surface area contributed by atoms with Crippen molar-refractivity contribution in [2.75, 3.05) is 13.2 Å². The van der Waals surface area contributed by atoms with Gasteiger partial charge in [0.15, 0.2) is 6.29 Å². The first-order valence-electron chi connectivity index (χ1n) is 24.1. The summed E-state index contributed by atoms with van der Waals surface area (Å²) >= 11 is 0. The van der Waals surface area contributed by atoms with Crippen molar-refractivity contribution < 1.29 is 39.8 Å². The van der Waals surface area contributed by atoms with Gasteiger partial charge in [-0.05, 0) is 32.1 Å². The van der Waals surface area contributed by atoms with Crippen LogP contribution in [0, 0.1) is 0 Å². The van der Waals surface area contributed by atoms with Crippen molar-refractivity contribution in [1.29, 1.82) is 0 Å². The Labute approximate surface area is 349 Å². The van der Waals surface area contributed by atoms with E-state index >= 15 is 0 Å². The summed E-state index contributed by atoms with van der Waals surface area (Å²) in [5.41, 5.74) is 0. The molecule has 1 fully saturated rings. The first-order valence-corrected chi connectivity index (χ1v) is 24.1. The van der Waals surface area contributed by atoms with Gasteiger partial charge in [-0.25, -0.2) is 0 Å². The van der Waals surface area contributed by atoms with E-state index in [1.165, 1.54) is 161 Å². The maximum atomic E-state index is 13.0. The molecule has 2 unspecified atom stereocenters. The van der Waals surface area contributed by atoms with Crippen molar-refractivity contribution in [2.45, 2.75) is 262 Å². The Bertz CT molecular complexity index is 945. The molecule has 6 N–H and O–H groups in total. The minimum absolute atomic E-state index is 0.184. The van der Waals surface area contributed by atoms with Crippen molar-refractivity contribution in [3.05, 3.63) is 24.3 Å². The predicted octanol–water partition coefficient (Wildman–Crippen LogP) is 10.3. The molecule has 1 rings (SSSR count). The molecule has 336 valence electrons. The minimum Gasteiger partial charge on any atom is -0.394 e.